The summed E-state index contributed by atoms with van der Waals surface area (Å²) in [5.74, 6) is 0.414. The smallest absolute Gasteiger partial charge is 0.293 e. The fraction of sp³-hybridized carbons (Fsp3) is 0.100. The van der Waals surface area contributed by atoms with Crippen molar-refractivity contribution in [3.63, 3.8) is 0 Å². The molecule has 0 aliphatic rings. The molecule has 0 aliphatic carbocycles. The number of nitrogens with one attached hydrogen (secondary N) is 1. The molecule has 11 heteroatoms. The van der Waals surface area contributed by atoms with Crippen LogP contribution in [0.2, 0.25) is 0 Å². The predicted molar refractivity (Wildman–Crippen MR) is 122 cm³/mol. The summed E-state index contributed by atoms with van der Waals surface area (Å²) in [6, 6.07) is 13.1. The fourth-order valence-electron chi connectivity index (χ4n) is 2.92. The molecule has 31 heavy (non-hydrogen) atoms. The summed E-state index contributed by atoms with van der Waals surface area (Å²) >= 11 is 4.30. The molecule has 0 saturated carbocycles. The number of hydrogen-bond acceptors (Lipinski definition) is 10. The quantitative estimate of drug-likeness (QED) is 0.346. The van der Waals surface area contributed by atoms with Crippen molar-refractivity contribution in [2.75, 3.05) is 5.32 Å². The zero-order chi connectivity index (χ0) is 21.2. The van der Waals surface area contributed by atoms with Crippen molar-refractivity contribution in [2.45, 2.75) is 17.0 Å². The van der Waals surface area contributed by atoms with Gasteiger partial charge in [-0.15, -0.1) is 20.4 Å². The second kappa shape index (κ2) is 8.53. The van der Waals surface area contributed by atoms with Crippen molar-refractivity contribution < 1.29 is 9.21 Å². The molecule has 0 atom stereocenters. The summed E-state index contributed by atoms with van der Waals surface area (Å²) in [5, 5.41) is 22.0. The minimum Gasteiger partial charge on any atom is -0.451 e. The lowest BCUT2D eigenvalue weighted by Gasteiger charge is -2.02. The van der Waals surface area contributed by atoms with E-state index in [1.54, 1.807) is 6.20 Å². The highest BCUT2D eigenvalue weighted by molar-refractivity contribution is 8.00. The second-order valence-corrected chi connectivity index (χ2v) is 9.74. The maximum atomic E-state index is 13.0. The van der Waals surface area contributed by atoms with Crippen LogP contribution in [0.5, 0.6) is 0 Å². The molecule has 0 spiro atoms. The summed E-state index contributed by atoms with van der Waals surface area (Å²) in [6.07, 6.45) is 1.69. The Hall–Kier alpha value is -3.15. The minimum absolute atomic E-state index is 0.254. The summed E-state index contributed by atoms with van der Waals surface area (Å²) in [6.45, 7) is 1.91. The van der Waals surface area contributed by atoms with Crippen LogP contribution < -0.4 is 5.32 Å². The van der Waals surface area contributed by atoms with E-state index < -0.39 is 0 Å². The van der Waals surface area contributed by atoms with Crippen LogP contribution in [0.3, 0.4) is 0 Å². The lowest BCUT2D eigenvalue weighted by atomic mass is 10.1. The van der Waals surface area contributed by atoms with Crippen molar-refractivity contribution in [3.05, 3.63) is 65.0 Å². The number of carbonyl (C=O) groups is 1. The van der Waals surface area contributed by atoms with Crippen LogP contribution in [-0.4, -0.2) is 31.3 Å². The Bertz CT molecular complexity index is 1360. The predicted octanol–water partition coefficient (Wildman–Crippen LogP) is 5.05. The van der Waals surface area contributed by atoms with Crippen molar-refractivity contribution in [3.8, 4) is 10.7 Å². The van der Waals surface area contributed by atoms with Crippen LogP contribution in [0, 0.1) is 6.92 Å². The van der Waals surface area contributed by atoms with E-state index in [9.17, 15) is 4.79 Å². The average Bonchev–Trinajstić information content (AvgIpc) is 3.51. The van der Waals surface area contributed by atoms with Crippen LogP contribution in [0.25, 0.3) is 21.7 Å². The van der Waals surface area contributed by atoms with Gasteiger partial charge in [0.15, 0.2) is 15.1 Å². The molecule has 0 aliphatic heterocycles. The number of furan rings is 1. The third kappa shape index (κ3) is 4.20. The van der Waals surface area contributed by atoms with Gasteiger partial charge in [0, 0.05) is 22.9 Å². The van der Waals surface area contributed by atoms with Crippen LogP contribution in [-0.2, 0) is 5.75 Å². The first-order valence-electron chi connectivity index (χ1n) is 9.17. The van der Waals surface area contributed by atoms with E-state index in [1.165, 1.54) is 34.4 Å². The van der Waals surface area contributed by atoms with E-state index in [1.807, 2.05) is 49.4 Å². The van der Waals surface area contributed by atoms with E-state index in [0.29, 0.717) is 27.2 Å². The Balaban J connectivity index is 1.41. The molecule has 1 aromatic carbocycles. The molecule has 4 heterocycles. The van der Waals surface area contributed by atoms with Gasteiger partial charge in [0.2, 0.25) is 5.13 Å². The average molecular weight is 467 g/mol. The first-order chi connectivity index (χ1) is 15.2. The van der Waals surface area contributed by atoms with Crippen molar-refractivity contribution in [2.24, 2.45) is 0 Å². The topological polar surface area (TPSA) is 107 Å². The van der Waals surface area contributed by atoms with Gasteiger partial charge in [-0.1, -0.05) is 58.7 Å². The molecule has 154 valence electrons. The van der Waals surface area contributed by atoms with Crippen molar-refractivity contribution in [1.29, 1.82) is 0 Å². The van der Waals surface area contributed by atoms with Gasteiger partial charge in [0.1, 0.15) is 16.3 Å². The monoisotopic (exact) mass is 466 g/mol. The van der Waals surface area contributed by atoms with Crippen LogP contribution >= 0.6 is 34.4 Å². The van der Waals surface area contributed by atoms with Gasteiger partial charge >= 0.3 is 0 Å². The molecule has 0 fully saturated rings. The zero-order valence-electron chi connectivity index (χ0n) is 16.1. The van der Waals surface area contributed by atoms with Gasteiger partial charge in [-0.2, -0.15) is 0 Å². The van der Waals surface area contributed by atoms with Crippen molar-refractivity contribution >= 4 is 56.4 Å². The Morgan fingerprint density at radius 3 is 2.74 bits per heavy atom. The SMILES string of the molecule is Cc1nnc(SCc2c(C(=O)Nc3nnc(-c4ccccn4)s3)oc3ccccc23)s1. The Labute approximate surface area is 188 Å². The van der Waals surface area contributed by atoms with Crippen LogP contribution in [0.15, 0.2) is 57.4 Å². The third-order valence-corrected chi connectivity index (χ3v) is 7.14. The number of fused-ring (bicyclic) bond motifs is 1. The first kappa shape index (κ1) is 19.8. The number of nitrogens with zero attached hydrogens (tertiary/aromatic N) is 5. The lowest BCUT2D eigenvalue weighted by molar-refractivity contribution is 0.0997. The van der Waals surface area contributed by atoms with Gasteiger partial charge in [0.25, 0.3) is 5.91 Å². The Morgan fingerprint density at radius 2 is 1.94 bits per heavy atom. The normalized spacial score (nSPS) is 11.1. The van der Waals surface area contributed by atoms with E-state index >= 15 is 0 Å². The second-order valence-electron chi connectivity index (χ2n) is 6.36. The van der Waals surface area contributed by atoms with Crippen LogP contribution in [0.4, 0.5) is 5.13 Å². The van der Waals surface area contributed by atoms with E-state index in [0.717, 1.165) is 20.3 Å². The highest BCUT2D eigenvalue weighted by Crippen LogP contribution is 2.34. The molecular weight excluding hydrogens is 452 g/mol. The maximum Gasteiger partial charge on any atom is 0.293 e. The lowest BCUT2D eigenvalue weighted by Crippen LogP contribution is -2.12. The van der Waals surface area contributed by atoms with Gasteiger partial charge in [0.05, 0.1) is 0 Å². The number of rotatable bonds is 6. The van der Waals surface area contributed by atoms with Gasteiger partial charge < -0.3 is 4.42 Å². The van der Waals surface area contributed by atoms with E-state index in [4.69, 9.17) is 4.42 Å². The highest BCUT2D eigenvalue weighted by Gasteiger charge is 2.22. The van der Waals surface area contributed by atoms with Gasteiger partial charge in [-0.25, -0.2) is 0 Å². The molecule has 0 unspecified atom stereocenters. The molecule has 5 aromatic rings. The van der Waals surface area contributed by atoms with E-state index in [-0.39, 0.29) is 11.7 Å². The first-order valence-corrected chi connectivity index (χ1v) is 11.8. The summed E-state index contributed by atoms with van der Waals surface area (Å²) in [7, 11) is 0. The number of pyridine rings is 1. The largest absolute Gasteiger partial charge is 0.451 e. The number of amides is 1. The summed E-state index contributed by atoms with van der Waals surface area (Å²) < 4.78 is 6.75. The highest BCUT2D eigenvalue weighted by atomic mass is 32.2. The summed E-state index contributed by atoms with van der Waals surface area (Å²) in [5.41, 5.74) is 2.16. The molecule has 1 N–H and O–H groups in total. The molecule has 8 nitrogen and oxygen atoms in total. The number of thioether (sulfide) groups is 1. The standard InChI is InChI=1S/C20H14N6O2S3/c1-11-23-26-20(30-11)29-10-13-12-6-2-3-8-15(12)28-16(13)17(27)22-19-25-24-18(31-19)14-7-4-5-9-21-14/h2-9H,10H2,1H3,(H,22,25,27). The van der Waals surface area contributed by atoms with Gasteiger partial charge in [-0.05, 0) is 25.1 Å². The van der Waals surface area contributed by atoms with E-state index in [2.05, 4.69) is 30.7 Å². The maximum absolute atomic E-state index is 13.0. The third-order valence-electron chi connectivity index (χ3n) is 4.28. The Morgan fingerprint density at radius 1 is 1.06 bits per heavy atom. The minimum atomic E-state index is -0.371. The number of aromatic nitrogens is 5. The molecule has 4 aromatic heterocycles. The number of anilines is 1. The summed E-state index contributed by atoms with van der Waals surface area (Å²) in [4.78, 5) is 17.3. The zero-order valence-corrected chi connectivity index (χ0v) is 18.6. The van der Waals surface area contributed by atoms with Gasteiger partial charge in [-0.3, -0.25) is 15.1 Å². The number of hydrogen-bond donors (Lipinski definition) is 1. The molecule has 1 amide bonds. The fourth-order valence-corrected chi connectivity index (χ4v) is 5.48. The number of benzene rings is 1. The molecule has 0 radical (unpaired) electrons. The molecule has 5 rings (SSSR count). The molecule has 0 bridgehead atoms. The Kier molecular flexibility index (Phi) is 5.45. The number of para-hydroxylation sites is 1. The van der Waals surface area contributed by atoms with Crippen molar-refractivity contribution in [1.82, 2.24) is 25.4 Å². The number of carbonyl (C=O) groups excluding carboxylic acids is 1. The molecule has 0 saturated heterocycles. The van der Waals surface area contributed by atoms with Crippen LogP contribution in [0.1, 0.15) is 21.1 Å². The number of aryl methyl sites for hydroxylation is 1. The molecular formula is C20H14N6O2S3.